The number of hydrogen-bond donors (Lipinski definition) is 6. The molecule has 0 aromatic heterocycles. The Morgan fingerprint density at radius 3 is 2.05 bits per heavy atom. The summed E-state index contributed by atoms with van der Waals surface area (Å²) in [5, 5.41) is 22.8. The van der Waals surface area contributed by atoms with Crippen LogP contribution >= 0.6 is 12.6 Å². The van der Waals surface area contributed by atoms with E-state index in [9.17, 15) is 19.5 Å². The third-order valence-corrected chi connectivity index (χ3v) is 3.29. The first kappa shape index (κ1) is 20.7. The number of nitrogens with one attached hydrogen (secondary N) is 2. The molecule has 128 valence electrons. The zero-order valence-electron chi connectivity index (χ0n) is 12.9. The molecule has 6 N–H and O–H groups in total. The van der Waals surface area contributed by atoms with E-state index < -0.39 is 42.0 Å². The first-order chi connectivity index (χ1) is 10.1. The number of amides is 2. The molecule has 0 aliphatic rings. The van der Waals surface area contributed by atoms with Gasteiger partial charge in [-0.3, -0.25) is 9.59 Å². The fourth-order valence-electron chi connectivity index (χ4n) is 1.73. The van der Waals surface area contributed by atoms with Crippen molar-refractivity contribution < 1.29 is 24.6 Å². The van der Waals surface area contributed by atoms with Gasteiger partial charge in [0, 0.05) is 5.75 Å². The summed E-state index contributed by atoms with van der Waals surface area (Å²) in [5.41, 5.74) is 5.72. The first-order valence-corrected chi connectivity index (χ1v) is 7.61. The van der Waals surface area contributed by atoms with Crippen molar-refractivity contribution in [2.75, 3.05) is 5.75 Å². The monoisotopic (exact) mass is 335 g/mol. The molecule has 0 aromatic carbocycles. The van der Waals surface area contributed by atoms with Gasteiger partial charge in [-0.25, -0.2) is 4.79 Å². The van der Waals surface area contributed by atoms with Crippen LogP contribution in [0.25, 0.3) is 0 Å². The Labute approximate surface area is 135 Å². The second-order valence-corrected chi connectivity index (χ2v) is 5.91. The normalized spacial score (nSPS) is 16.5. The molecule has 0 aliphatic heterocycles. The smallest absolute Gasteiger partial charge is 0.328 e. The van der Waals surface area contributed by atoms with Crippen LogP contribution in [0.3, 0.4) is 0 Å². The molecule has 0 saturated heterocycles. The average Bonchev–Trinajstić information content (AvgIpc) is 2.39. The molecule has 0 rings (SSSR count). The molecular formula is C13H25N3O5S. The van der Waals surface area contributed by atoms with Gasteiger partial charge in [-0.15, -0.1) is 0 Å². The van der Waals surface area contributed by atoms with E-state index in [-0.39, 0.29) is 11.7 Å². The van der Waals surface area contributed by atoms with E-state index in [0.717, 1.165) is 0 Å². The standard InChI is InChI=1S/C13H25N3O5S/c1-6(2)4-8(14)11(18)15-9(5-22)12(19)16-10(7(3)17)13(20)21/h6-10,17,22H,4-5,14H2,1-3H3,(H,15,18)(H,16,19)(H,20,21). The minimum Gasteiger partial charge on any atom is -0.480 e. The number of thiol groups is 1. The molecule has 0 fully saturated rings. The largest absolute Gasteiger partial charge is 0.480 e. The van der Waals surface area contributed by atoms with Crippen LogP contribution in [0.5, 0.6) is 0 Å². The zero-order chi connectivity index (χ0) is 17.4. The fourth-order valence-corrected chi connectivity index (χ4v) is 1.99. The van der Waals surface area contributed by atoms with Gasteiger partial charge in [-0.1, -0.05) is 13.8 Å². The molecule has 0 aliphatic carbocycles. The van der Waals surface area contributed by atoms with Gasteiger partial charge in [0.05, 0.1) is 12.1 Å². The number of rotatable bonds is 9. The molecule has 0 heterocycles. The molecule has 4 atom stereocenters. The van der Waals surface area contributed by atoms with Crippen LogP contribution in [0.4, 0.5) is 0 Å². The Kier molecular flexibility index (Phi) is 9.07. The molecule has 4 unspecified atom stereocenters. The summed E-state index contributed by atoms with van der Waals surface area (Å²) >= 11 is 3.97. The quantitative estimate of drug-likeness (QED) is 0.290. The fraction of sp³-hybridized carbons (Fsp3) is 0.769. The summed E-state index contributed by atoms with van der Waals surface area (Å²) in [6.07, 6.45) is -0.820. The Hall–Kier alpha value is -1.32. The van der Waals surface area contributed by atoms with Crippen molar-refractivity contribution in [1.82, 2.24) is 10.6 Å². The van der Waals surface area contributed by atoms with E-state index >= 15 is 0 Å². The summed E-state index contributed by atoms with van der Waals surface area (Å²) in [5.74, 6) is -2.43. The Bertz CT molecular complexity index is 403. The van der Waals surface area contributed by atoms with Crippen LogP contribution in [-0.4, -0.2) is 58.0 Å². The maximum atomic E-state index is 12.0. The number of hydrogen-bond acceptors (Lipinski definition) is 6. The second kappa shape index (κ2) is 9.65. The summed E-state index contributed by atoms with van der Waals surface area (Å²) in [6, 6.07) is -3.26. The van der Waals surface area contributed by atoms with Gasteiger partial charge in [0.25, 0.3) is 0 Å². The lowest BCUT2D eigenvalue weighted by Crippen LogP contribution is -2.57. The SMILES string of the molecule is CC(C)CC(N)C(=O)NC(CS)C(=O)NC(C(=O)O)C(C)O. The predicted octanol–water partition coefficient (Wildman–Crippen LogP) is -1.28. The number of aliphatic hydroxyl groups is 1. The highest BCUT2D eigenvalue weighted by molar-refractivity contribution is 7.80. The van der Waals surface area contributed by atoms with Crippen molar-refractivity contribution >= 4 is 30.4 Å². The zero-order valence-corrected chi connectivity index (χ0v) is 13.8. The number of carbonyl (C=O) groups excluding carboxylic acids is 2. The highest BCUT2D eigenvalue weighted by Gasteiger charge is 2.29. The maximum absolute atomic E-state index is 12.0. The van der Waals surface area contributed by atoms with Crippen LogP contribution in [-0.2, 0) is 14.4 Å². The Balaban J connectivity index is 4.72. The molecule has 0 saturated carbocycles. The van der Waals surface area contributed by atoms with E-state index in [1.165, 1.54) is 6.92 Å². The summed E-state index contributed by atoms with van der Waals surface area (Å²) in [4.78, 5) is 34.8. The molecule has 9 heteroatoms. The van der Waals surface area contributed by atoms with Crippen molar-refractivity contribution in [2.45, 2.75) is 51.4 Å². The van der Waals surface area contributed by atoms with Gasteiger partial charge in [-0.2, -0.15) is 12.6 Å². The molecule has 0 aromatic rings. The van der Waals surface area contributed by atoms with Crippen molar-refractivity contribution in [3.63, 3.8) is 0 Å². The number of carbonyl (C=O) groups is 3. The number of carboxylic acid groups (broad SMARTS) is 1. The van der Waals surface area contributed by atoms with Crippen molar-refractivity contribution in [2.24, 2.45) is 11.7 Å². The van der Waals surface area contributed by atoms with Crippen molar-refractivity contribution in [3.05, 3.63) is 0 Å². The summed E-state index contributed by atoms with van der Waals surface area (Å²) in [6.45, 7) is 5.07. The van der Waals surface area contributed by atoms with Crippen LogP contribution in [0.1, 0.15) is 27.2 Å². The van der Waals surface area contributed by atoms with Crippen molar-refractivity contribution in [3.8, 4) is 0 Å². The lowest BCUT2D eigenvalue weighted by molar-refractivity contribution is -0.145. The molecular weight excluding hydrogens is 310 g/mol. The van der Waals surface area contributed by atoms with E-state index in [4.69, 9.17) is 10.8 Å². The minimum atomic E-state index is -1.46. The molecule has 8 nitrogen and oxygen atoms in total. The van der Waals surface area contributed by atoms with Gasteiger partial charge in [0.15, 0.2) is 6.04 Å². The van der Waals surface area contributed by atoms with Crippen LogP contribution in [0, 0.1) is 5.92 Å². The minimum absolute atomic E-state index is 0.0296. The Morgan fingerprint density at radius 2 is 1.68 bits per heavy atom. The van der Waals surface area contributed by atoms with Gasteiger partial charge < -0.3 is 26.6 Å². The van der Waals surface area contributed by atoms with E-state index in [1.807, 2.05) is 13.8 Å². The third kappa shape index (κ3) is 7.10. The molecule has 22 heavy (non-hydrogen) atoms. The lowest BCUT2D eigenvalue weighted by Gasteiger charge is -2.23. The van der Waals surface area contributed by atoms with Gasteiger partial charge >= 0.3 is 5.97 Å². The average molecular weight is 335 g/mol. The molecule has 0 bridgehead atoms. The molecule has 0 spiro atoms. The molecule has 2 amide bonds. The topological polar surface area (TPSA) is 142 Å². The van der Waals surface area contributed by atoms with Gasteiger partial charge in [0.1, 0.15) is 6.04 Å². The van der Waals surface area contributed by atoms with E-state index in [1.54, 1.807) is 0 Å². The number of nitrogens with two attached hydrogens (primary N) is 1. The number of carboxylic acids is 1. The van der Waals surface area contributed by atoms with Gasteiger partial charge in [0.2, 0.25) is 11.8 Å². The molecule has 0 radical (unpaired) electrons. The highest BCUT2D eigenvalue weighted by atomic mass is 32.1. The Morgan fingerprint density at radius 1 is 1.14 bits per heavy atom. The lowest BCUT2D eigenvalue weighted by atomic mass is 10.0. The maximum Gasteiger partial charge on any atom is 0.328 e. The first-order valence-electron chi connectivity index (χ1n) is 6.98. The van der Waals surface area contributed by atoms with Crippen LogP contribution < -0.4 is 16.4 Å². The van der Waals surface area contributed by atoms with Crippen LogP contribution in [0.15, 0.2) is 0 Å². The highest BCUT2D eigenvalue weighted by Crippen LogP contribution is 2.03. The van der Waals surface area contributed by atoms with Gasteiger partial charge in [-0.05, 0) is 19.3 Å². The van der Waals surface area contributed by atoms with Crippen molar-refractivity contribution in [1.29, 1.82) is 0 Å². The van der Waals surface area contributed by atoms with E-state index in [2.05, 4.69) is 23.3 Å². The number of aliphatic hydroxyl groups excluding tert-OH is 1. The van der Waals surface area contributed by atoms with E-state index in [0.29, 0.717) is 6.42 Å². The number of aliphatic carboxylic acids is 1. The summed E-state index contributed by atoms with van der Waals surface area (Å²) < 4.78 is 0. The third-order valence-electron chi connectivity index (χ3n) is 2.92. The second-order valence-electron chi connectivity index (χ2n) is 5.54. The summed E-state index contributed by atoms with van der Waals surface area (Å²) in [7, 11) is 0. The van der Waals surface area contributed by atoms with Crippen LogP contribution in [0.2, 0.25) is 0 Å². The predicted molar refractivity (Wildman–Crippen MR) is 84.5 cm³/mol.